The average molecular weight is 812 g/mol. The number of benzene rings is 3. The van der Waals surface area contributed by atoms with Crippen molar-refractivity contribution in [2.24, 2.45) is 5.92 Å². The van der Waals surface area contributed by atoms with Crippen LogP contribution in [0.3, 0.4) is 0 Å². The number of hydrogen-bond acceptors (Lipinski definition) is 10. The van der Waals surface area contributed by atoms with Crippen molar-refractivity contribution in [2.45, 2.75) is 58.1 Å². The second kappa shape index (κ2) is 16.6. The quantitative estimate of drug-likeness (QED) is 0.164. The Labute approximate surface area is 349 Å². The first kappa shape index (κ1) is 39.5. The summed E-state index contributed by atoms with van der Waals surface area (Å²) in [5.41, 5.74) is 14.1. The molecular weight excluding hydrogens is 759 g/mol. The second-order valence-electron chi connectivity index (χ2n) is 16.8. The predicted octanol–water partition coefficient (Wildman–Crippen LogP) is 6.22. The molecule has 4 fully saturated rings. The lowest BCUT2D eigenvalue weighted by atomic mass is 9.85. The van der Waals surface area contributed by atoms with Crippen LogP contribution in [0.4, 0.5) is 22.0 Å². The summed E-state index contributed by atoms with van der Waals surface area (Å²) in [6.45, 7) is 10.5. The molecule has 9 rings (SSSR count). The molecule has 0 spiro atoms. The molecule has 312 valence electrons. The minimum Gasteiger partial charge on any atom is -0.507 e. The van der Waals surface area contributed by atoms with Crippen LogP contribution < -0.4 is 20.9 Å². The zero-order chi connectivity index (χ0) is 41.5. The number of fused-ring (bicyclic) bond motifs is 1. The van der Waals surface area contributed by atoms with E-state index in [0.717, 1.165) is 78.7 Å². The molecule has 3 aliphatic heterocycles. The number of carbonyl (C=O) groups excluding carboxylic acids is 3. The van der Waals surface area contributed by atoms with E-state index in [2.05, 4.69) is 48.9 Å². The molecule has 1 aliphatic carbocycles. The van der Waals surface area contributed by atoms with Crippen LogP contribution in [0.15, 0.2) is 72.8 Å². The number of amides is 4. The number of nitrogen functional groups attached to an aromatic ring is 1. The Kier molecular flexibility index (Phi) is 10.9. The standard InChI is InChI=1S/C46H53N9O5/c1-29-24-32(12-15-34(29)42-28-53(22-23-60-42)40-26-37(49-50-44(40)47)35-6-3-4-9-41(35)56)45(58)52-20-18-51(19-21-52)27-31-10-13-33(14-11-31)55-30(2)25-36-38(7-5-8-39(36)55)54-17-16-43(57)48-46(54)59/h3-9,12,15,24-26,31,33,42,56H,10-11,13-14,16-23,27-28H2,1-2H3,(H2,47,50)(H,48,57,59)/t31?,33?,42-/m1/s1. The van der Waals surface area contributed by atoms with Crippen molar-refractivity contribution < 1.29 is 24.2 Å². The summed E-state index contributed by atoms with van der Waals surface area (Å²) in [5, 5.41) is 22.4. The van der Waals surface area contributed by atoms with Crippen molar-refractivity contribution in [3.63, 3.8) is 0 Å². The highest BCUT2D eigenvalue weighted by Gasteiger charge is 2.31. The summed E-state index contributed by atoms with van der Waals surface area (Å²) in [4.78, 5) is 46.6. The van der Waals surface area contributed by atoms with Gasteiger partial charge in [0, 0.05) is 87.0 Å². The number of ether oxygens (including phenoxy) is 1. The van der Waals surface area contributed by atoms with E-state index in [-0.39, 0.29) is 29.7 Å². The molecule has 4 aliphatic rings. The fourth-order valence-corrected chi connectivity index (χ4v) is 9.84. The predicted molar refractivity (Wildman–Crippen MR) is 231 cm³/mol. The normalized spacial score (nSPS) is 21.7. The molecule has 60 heavy (non-hydrogen) atoms. The lowest BCUT2D eigenvalue weighted by Gasteiger charge is -2.38. The van der Waals surface area contributed by atoms with Gasteiger partial charge >= 0.3 is 6.03 Å². The Morgan fingerprint density at radius 2 is 1.68 bits per heavy atom. The van der Waals surface area contributed by atoms with E-state index in [1.807, 2.05) is 54.3 Å². The van der Waals surface area contributed by atoms with Gasteiger partial charge in [0.15, 0.2) is 5.82 Å². The van der Waals surface area contributed by atoms with Crippen LogP contribution in [-0.4, -0.2) is 106 Å². The zero-order valence-electron chi connectivity index (χ0n) is 34.3. The number of para-hydroxylation sites is 1. The molecule has 4 amide bonds. The third-order valence-electron chi connectivity index (χ3n) is 13.0. The van der Waals surface area contributed by atoms with Crippen LogP contribution in [0.2, 0.25) is 0 Å². The number of morpholine rings is 1. The largest absolute Gasteiger partial charge is 0.507 e. The Hall–Kier alpha value is -5.99. The number of imide groups is 1. The number of carbonyl (C=O) groups is 3. The van der Waals surface area contributed by atoms with Crippen LogP contribution in [0, 0.1) is 19.8 Å². The average Bonchev–Trinajstić information content (AvgIpc) is 3.60. The van der Waals surface area contributed by atoms with Gasteiger partial charge in [-0.15, -0.1) is 10.2 Å². The maximum absolute atomic E-state index is 13.8. The first-order chi connectivity index (χ1) is 29.1. The van der Waals surface area contributed by atoms with Gasteiger partial charge in [-0.25, -0.2) is 4.79 Å². The molecule has 4 N–H and O–H groups in total. The molecular formula is C46H53N9O5. The van der Waals surface area contributed by atoms with Crippen LogP contribution in [0.1, 0.15) is 71.4 Å². The summed E-state index contributed by atoms with van der Waals surface area (Å²) < 4.78 is 8.72. The fraction of sp³-hybridized carbons (Fsp3) is 0.413. The number of urea groups is 1. The Morgan fingerprint density at radius 3 is 2.45 bits per heavy atom. The van der Waals surface area contributed by atoms with Gasteiger partial charge in [-0.1, -0.05) is 24.3 Å². The summed E-state index contributed by atoms with van der Waals surface area (Å²) in [7, 11) is 0. The summed E-state index contributed by atoms with van der Waals surface area (Å²) in [5.74, 6) is 0.910. The minimum atomic E-state index is -0.354. The van der Waals surface area contributed by atoms with Crippen molar-refractivity contribution in [3.8, 4) is 17.0 Å². The van der Waals surface area contributed by atoms with E-state index < -0.39 is 0 Å². The molecule has 2 aromatic heterocycles. The topological polar surface area (TPSA) is 162 Å². The van der Waals surface area contributed by atoms with Crippen LogP contribution in [0.5, 0.6) is 5.75 Å². The number of nitrogens with one attached hydrogen (secondary N) is 1. The van der Waals surface area contributed by atoms with Crippen LogP contribution in [0.25, 0.3) is 22.2 Å². The van der Waals surface area contributed by atoms with Crippen molar-refractivity contribution in [1.29, 1.82) is 0 Å². The van der Waals surface area contributed by atoms with E-state index in [4.69, 9.17) is 10.5 Å². The number of piperazine rings is 1. The molecule has 1 atom stereocenters. The van der Waals surface area contributed by atoms with E-state index in [1.54, 1.807) is 23.1 Å². The second-order valence-corrected chi connectivity index (χ2v) is 16.8. The molecule has 0 bridgehead atoms. The van der Waals surface area contributed by atoms with Gasteiger partial charge in [-0.2, -0.15) is 0 Å². The highest BCUT2D eigenvalue weighted by Crippen LogP contribution is 2.40. The van der Waals surface area contributed by atoms with Crippen molar-refractivity contribution in [2.75, 3.05) is 74.5 Å². The molecule has 14 nitrogen and oxygen atoms in total. The number of rotatable bonds is 8. The van der Waals surface area contributed by atoms with E-state index >= 15 is 0 Å². The smallest absolute Gasteiger partial charge is 0.328 e. The van der Waals surface area contributed by atoms with Gasteiger partial charge in [0.25, 0.3) is 5.91 Å². The lowest BCUT2D eigenvalue weighted by molar-refractivity contribution is -0.120. The first-order valence-corrected chi connectivity index (χ1v) is 21.2. The molecule has 5 heterocycles. The molecule has 14 heteroatoms. The van der Waals surface area contributed by atoms with Gasteiger partial charge in [0.2, 0.25) is 5.91 Å². The number of anilines is 3. The maximum Gasteiger partial charge on any atom is 0.328 e. The number of nitrogens with zero attached hydrogens (tertiary/aromatic N) is 7. The van der Waals surface area contributed by atoms with Crippen LogP contribution >= 0.6 is 0 Å². The van der Waals surface area contributed by atoms with Gasteiger partial charge in [-0.05, 0) is 105 Å². The van der Waals surface area contributed by atoms with Crippen molar-refractivity contribution >= 4 is 45.9 Å². The molecule has 3 aromatic carbocycles. The monoisotopic (exact) mass is 811 g/mol. The van der Waals surface area contributed by atoms with Gasteiger partial charge in [0.1, 0.15) is 11.9 Å². The van der Waals surface area contributed by atoms with E-state index in [9.17, 15) is 19.5 Å². The highest BCUT2D eigenvalue weighted by atomic mass is 16.5. The first-order valence-electron chi connectivity index (χ1n) is 21.2. The van der Waals surface area contributed by atoms with E-state index in [1.165, 1.54) is 5.69 Å². The number of aryl methyl sites for hydroxylation is 2. The molecule has 0 unspecified atom stereocenters. The number of phenolic OH excluding ortho intramolecular Hbond substituents is 1. The van der Waals surface area contributed by atoms with E-state index in [0.29, 0.717) is 80.3 Å². The van der Waals surface area contributed by atoms with Gasteiger partial charge in [-0.3, -0.25) is 24.7 Å². The minimum absolute atomic E-state index is 0.0650. The number of aromatic nitrogens is 3. The summed E-state index contributed by atoms with van der Waals surface area (Å²) in [6, 6.07) is 23.2. The summed E-state index contributed by atoms with van der Waals surface area (Å²) in [6.07, 6.45) is 4.60. The maximum atomic E-state index is 13.8. The molecule has 1 saturated carbocycles. The molecule has 5 aromatic rings. The molecule has 0 radical (unpaired) electrons. The zero-order valence-corrected chi connectivity index (χ0v) is 34.3. The molecule has 3 saturated heterocycles. The SMILES string of the molecule is Cc1cc(C(=O)N2CCN(CC3CCC(n4c(C)cc5c(N6CCC(=O)NC6=O)cccc54)CC3)CC2)ccc1[C@H]1CN(c2cc(-c3ccccc3O)nnc2N)CCO1. The number of nitrogens with two attached hydrogens (primary N) is 1. The third kappa shape index (κ3) is 7.77. The number of hydrogen-bond donors (Lipinski definition) is 3. The summed E-state index contributed by atoms with van der Waals surface area (Å²) >= 11 is 0. The number of phenols is 1. The fourth-order valence-electron chi connectivity index (χ4n) is 9.84. The van der Waals surface area contributed by atoms with Crippen molar-refractivity contribution in [3.05, 3.63) is 95.2 Å². The number of aromatic hydroxyl groups is 1. The third-order valence-corrected chi connectivity index (χ3v) is 13.0. The Balaban J connectivity index is 0.777. The Morgan fingerprint density at radius 1 is 0.883 bits per heavy atom. The van der Waals surface area contributed by atoms with Crippen molar-refractivity contribution in [1.82, 2.24) is 29.9 Å². The van der Waals surface area contributed by atoms with Gasteiger partial charge in [0.05, 0.1) is 29.2 Å². The van der Waals surface area contributed by atoms with Gasteiger partial charge < -0.3 is 29.9 Å². The Bertz CT molecular complexity index is 2430. The highest BCUT2D eigenvalue weighted by molar-refractivity contribution is 6.09. The van der Waals surface area contributed by atoms with Crippen LogP contribution in [-0.2, 0) is 9.53 Å². The lowest BCUT2D eigenvalue weighted by Crippen LogP contribution is -2.50.